The van der Waals surface area contributed by atoms with E-state index in [4.69, 9.17) is 4.74 Å². The Morgan fingerprint density at radius 3 is 2.79 bits per heavy atom. The van der Waals surface area contributed by atoms with Crippen molar-refractivity contribution in [3.8, 4) is 5.75 Å². The van der Waals surface area contributed by atoms with Crippen LogP contribution in [-0.2, 0) is 13.0 Å². The highest BCUT2D eigenvalue weighted by Gasteiger charge is 2.17. The molecule has 1 N–H and O–H groups in total. The standard InChI is InChI=1S/C17H19NO/c1-13-10-11-15-8-5-9-16(17(15)18-13)19-12-14-6-3-2-4-7-14/h2-9,13,18H,10-12H2,1H3. The van der Waals surface area contributed by atoms with Crippen molar-refractivity contribution in [3.63, 3.8) is 0 Å². The quantitative estimate of drug-likeness (QED) is 0.892. The van der Waals surface area contributed by atoms with E-state index < -0.39 is 0 Å². The van der Waals surface area contributed by atoms with Gasteiger partial charge in [0.25, 0.3) is 0 Å². The summed E-state index contributed by atoms with van der Waals surface area (Å²) in [6.07, 6.45) is 2.32. The Morgan fingerprint density at radius 1 is 1.11 bits per heavy atom. The lowest BCUT2D eigenvalue weighted by atomic mass is 9.98. The summed E-state index contributed by atoms with van der Waals surface area (Å²) >= 11 is 0. The molecular formula is C17H19NO. The van der Waals surface area contributed by atoms with Crippen LogP contribution in [0.5, 0.6) is 5.75 Å². The van der Waals surface area contributed by atoms with Gasteiger partial charge in [-0.1, -0.05) is 42.5 Å². The zero-order valence-corrected chi connectivity index (χ0v) is 11.2. The van der Waals surface area contributed by atoms with Crippen LogP contribution in [0.3, 0.4) is 0 Å². The predicted octanol–water partition coefficient (Wildman–Crippen LogP) is 4.01. The van der Waals surface area contributed by atoms with Crippen LogP contribution in [0, 0.1) is 0 Å². The minimum Gasteiger partial charge on any atom is -0.487 e. The molecule has 0 amide bonds. The fourth-order valence-corrected chi connectivity index (χ4v) is 2.49. The van der Waals surface area contributed by atoms with Gasteiger partial charge < -0.3 is 10.1 Å². The van der Waals surface area contributed by atoms with Crippen LogP contribution < -0.4 is 10.1 Å². The molecule has 2 aromatic carbocycles. The van der Waals surface area contributed by atoms with Crippen molar-refractivity contribution in [3.05, 3.63) is 59.7 Å². The average molecular weight is 253 g/mol. The molecule has 2 aromatic rings. The fraction of sp³-hybridized carbons (Fsp3) is 0.294. The van der Waals surface area contributed by atoms with E-state index in [-0.39, 0.29) is 0 Å². The molecule has 1 aliphatic heterocycles. The van der Waals surface area contributed by atoms with E-state index in [0.717, 1.165) is 12.2 Å². The zero-order chi connectivity index (χ0) is 13.1. The zero-order valence-electron chi connectivity index (χ0n) is 11.2. The van der Waals surface area contributed by atoms with Crippen LogP contribution in [0.1, 0.15) is 24.5 Å². The summed E-state index contributed by atoms with van der Waals surface area (Å²) < 4.78 is 5.98. The molecular weight excluding hydrogens is 234 g/mol. The van der Waals surface area contributed by atoms with Crippen molar-refractivity contribution in [2.45, 2.75) is 32.4 Å². The number of anilines is 1. The molecule has 0 radical (unpaired) electrons. The molecule has 19 heavy (non-hydrogen) atoms. The van der Waals surface area contributed by atoms with Crippen molar-refractivity contribution in [2.24, 2.45) is 0 Å². The number of fused-ring (bicyclic) bond motifs is 1. The van der Waals surface area contributed by atoms with Gasteiger partial charge in [0.15, 0.2) is 0 Å². The summed E-state index contributed by atoms with van der Waals surface area (Å²) in [5.41, 5.74) is 3.74. The molecule has 1 unspecified atom stereocenters. The molecule has 3 rings (SSSR count). The van der Waals surface area contributed by atoms with Crippen LogP contribution in [0.2, 0.25) is 0 Å². The third-order valence-electron chi connectivity index (χ3n) is 3.59. The lowest BCUT2D eigenvalue weighted by molar-refractivity contribution is 0.306. The van der Waals surface area contributed by atoms with Crippen molar-refractivity contribution < 1.29 is 4.74 Å². The lowest BCUT2D eigenvalue weighted by Gasteiger charge is -2.26. The molecule has 2 heteroatoms. The molecule has 0 bridgehead atoms. The van der Waals surface area contributed by atoms with Gasteiger partial charge in [0.1, 0.15) is 12.4 Å². The molecule has 1 heterocycles. The highest BCUT2D eigenvalue weighted by Crippen LogP contribution is 2.34. The van der Waals surface area contributed by atoms with E-state index in [1.165, 1.54) is 23.2 Å². The Bertz CT molecular complexity index is 550. The summed E-state index contributed by atoms with van der Waals surface area (Å²) in [4.78, 5) is 0. The van der Waals surface area contributed by atoms with E-state index >= 15 is 0 Å². The van der Waals surface area contributed by atoms with Crippen LogP contribution in [0.15, 0.2) is 48.5 Å². The number of hydrogen-bond donors (Lipinski definition) is 1. The molecule has 0 aromatic heterocycles. The van der Waals surface area contributed by atoms with E-state index in [0.29, 0.717) is 12.6 Å². The van der Waals surface area contributed by atoms with Gasteiger partial charge in [0.2, 0.25) is 0 Å². The summed E-state index contributed by atoms with van der Waals surface area (Å²) in [5, 5.41) is 3.54. The molecule has 2 nitrogen and oxygen atoms in total. The van der Waals surface area contributed by atoms with E-state index in [2.05, 4.69) is 36.5 Å². The van der Waals surface area contributed by atoms with Gasteiger partial charge in [-0.25, -0.2) is 0 Å². The van der Waals surface area contributed by atoms with Gasteiger partial charge in [-0.3, -0.25) is 0 Å². The second-order valence-electron chi connectivity index (χ2n) is 5.15. The Balaban J connectivity index is 1.78. The number of para-hydroxylation sites is 1. The van der Waals surface area contributed by atoms with E-state index in [9.17, 15) is 0 Å². The van der Waals surface area contributed by atoms with Crippen molar-refractivity contribution >= 4 is 5.69 Å². The first-order chi connectivity index (χ1) is 9.33. The SMILES string of the molecule is CC1CCc2cccc(OCc3ccccc3)c2N1. The van der Waals surface area contributed by atoms with Crippen LogP contribution in [0.25, 0.3) is 0 Å². The van der Waals surface area contributed by atoms with E-state index in [1.807, 2.05) is 24.3 Å². The Labute approximate surface area is 114 Å². The Kier molecular flexibility index (Phi) is 3.41. The maximum atomic E-state index is 5.98. The molecule has 0 fully saturated rings. The number of benzene rings is 2. The fourth-order valence-electron chi connectivity index (χ4n) is 2.49. The molecule has 0 saturated heterocycles. The van der Waals surface area contributed by atoms with Crippen LogP contribution >= 0.6 is 0 Å². The molecule has 1 aliphatic rings. The van der Waals surface area contributed by atoms with Gasteiger partial charge in [-0.05, 0) is 37.0 Å². The number of ether oxygens (including phenoxy) is 1. The second-order valence-corrected chi connectivity index (χ2v) is 5.15. The maximum absolute atomic E-state index is 5.98. The van der Waals surface area contributed by atoms with Crippen molar-refractivity contribution in [1.82, 2.24) is 0 Å². The summed E-state index contributed by atoms with van der Waals surface area (Å²) in [6.45, 7) is 2.84. The number of hydrogen-bond acceptors (Lipinski definition) is 2. The third-order valence-corrected chi connectivity index (χ3v) is 3.59. The molecule has 98 valence electrons. The summed E-state index contributed by atoms with van der Waals surface area (Å²) in [6, 6.07) is 17.1. The number of nitrogens with one attached hydrogen (secondary N) is 1. The first-order valence-corrected chi connectivity index (χ1v) is 6.88. The van der Waals surface area contributed by atoms with Gasteiger partial charge in [0, 0.05) is 6.04 Å². The Hall–Kier alpha value is -1.96. The minimum absolute atomic E-state index is 0.522. The van der Waals surface area contributed by atoms with Gasteiger partial charge >= 0.3 is 0 Å². The second kappa shape index (κ2) is 5.35. The van der Waals surface area contributed by atoms with Crippen molar-refractivity contribution in [1.29, 1.82) is 0 Å². The number of aryl methyl sites for hydroxylation is 1. The van der Waals surface area contributed by atoms with Gasteiger partial charge in [0.05, 0.1) is 5.69 Å². The topological polar surface area (TPSA) is 21.3 Å². The van der Waals surface area contributed by atoms with Crippen molar-refractivity contribution in [2.75, 3.05) is 5.32 Å². The minimum atomic E-state index is 0.522. The van der Waals surface area contributed by atoms with Gasteiger partial charge in [-0.2, -0.15) is 0 Å². The van der Waals surface area contributed by atoms with Gasteiger partial charge in [-0.15, -0.1) is 0 Å². The molecule has 0 aliphatic carbocycles. The van der Waals surface area contributed by atoms with E-state index in [1.54, 1.807) is 0 Å². The third kappa shape index (κ3) is 2.73. The monoisotopic (exact) mass is 253 g/mol. The average Bonchev–Trinajstić information content (AvgIpc) is 2.46. The maximum Gasteiger partial charge on any atom is 0.143 e. The van der Waals surface area contributed by atoms with Crippen LogP contribution in [0.4, 0.5) is 5.69 Å². The summed E-state index contributed by atoms with van der Waals surface area (Å²) in [5.74, 6) is 0.966. The number of rotatable bonds is 3. The Morgan fingerprint density at radius 2 is 1.95 bits per heavy atom. The first-order valence-electron chi connectivity index (χ1n) is 6.88. The predicted molar refractivity (Wildman–Crippen MR) is 78.6 cm³/mol. The first kappa shape index (κ1) is 12.1. The molecule has 0 spiro atoms. The molecule has 0 saturated carbocycles. The smallest absolute Gasteiger partial charge is 0.143 e. The highest BCUT2D eigenvalue weighted by molar-refractivity contribution is 5.64. The lowest BCUT2D eigenvalue weighted by Crippen LogP contribution is -2.22. The normalized spacial score (nSPS) is 17.4. The summed E-state index contributed by atoms with van der Waals surface area (Å²) in [7, 11) is 0. The highest BCUT2D eigenvalue weighted by atomic mass is 16.5. The largest absolute Gasteiger partial charge is 0.487 e. The molecule has 1 atom stereocenters. The van der Waals surface area contributed by atoms with Crippen LogP contribution in [-0.4, -0.2) is 6.04 Å².